The van der Waals surface area contributed by atoms with Gasteiger partial charge in [-0.25, -0.2) is 4.98 Å². The van der Waals surface area contributed by atoms with Gasteiger partial charge in [0.25, 0.3) is 0 Å². The molecule has 100 valence electrons. The van der Waals surface area contributed by atoms with E-state index in [2.05, 4.69) is 9.97 Å². The van der Waals surface area contributed by atoms with Crippen molar-refractivity contribution in [1.29, 1.82) is 0 Å². The van der Waals surface area contributed by atoms with Gasteiger partial charge in [-0.15, -0.1) is 0 Å². The van der Waals surface area contributed by atoms with Crippen LogP contribution in [-0.2, 0) is 6.42 Å². The largest absolute Gasteiger partial charge is 0.383 e. The zero-order valence-electron chi connectivity index (χ0n) is 10.7. The third-order valence-corrected chi connectivity index (χ3v) is 3.53. The highest BCUT2D eigenvalue weighted by Gasteiger charge is 2.06. The van der Waals surface area contributed by atoms with Gasteiger partial charge in [-0.05, 0) is 35.7 Å². The van der Waals surface area contributed by atoms with Crippen LogP contribution in [0.4, 0.5) is 11.8 Å². The Morgan fingerprint density at radius 1 is 1.00 bits per heavy atom. The van der Waals surface area contributed by atoms with E-state index in [1.165, 1.54) is 0 Å². The first-order chi connectivity index (χ1) is 9.63. The van der Waals surface area contributed by atoms with Gasteiger partial charge in [0.2, 0.25) is 5.95 Å². The van der Waals surface area contributed by atoms with E-state index < -0.39 is 0 Å². The van der Waals surface area contributed by atoms with Crippen LogP contribution in [0.25, 0.3) is 10.9 Å². The summed E-state index contributed by atoms with van der Waals surface area (Å²) in [6.45, 7) is 0. The Labute approximate surface area is 121 Å². The molecule has 5 heteroatoms. The molecule has 0 spiro atoms. The van der Waals surface area contributed by atoms with Crippen molar-refractivity contribution < 1.29 is 0 Å². The van der Waals surface area contributed by atoms with Gasteiger partial charge in [0.1, 0.15) is 5.82 Å². The highest BCUT2D eigenvalue weighted by Crippen LogP contribution is 2.24. The van der Waals surface area contributed by atoms with Crippen molar-refractivity contribution in [2.45, 2.75) is 6.42 Å². The predicted molar refractivity (Wildman–Crippen MR) is 82.6 cm³/mol. The second-order valence-electron chi connectivity index (χ2n) is 4.59. The van der Waals surface area contributed by atoms with Crippen LogP contribution in [-0.4, -0.2) is 9.97 Å². The molecule has 0 saturated carbocycles. The van der Waals surface area contributed by atoms with Crippen molar-refractivity contribution in [1.82, 2.24) is 9.97 Å². The van der Waals surface area contributed by atoms with Crippen LogP contribution in [0.3, 0.4) is 0 Å². The van der Waals surface area contributed by atoms with E-state index in [0.29, 0.717) is 5.82 Å². The summed E-state index contributed by atoms with van der Waals surface area (Å²) in [4.78, 5) is 8.15. The Morgan fingerprint density at radius 3 is 2.60 bits per heavy atom. The van der Waals surface area contributed by atoms with Gasteiger partial charge in [0.05, 0.1) is 5.52 Å². The summed E-state index contributed by atoms with van der Waals surface area (Å²) in [6, 6.07) is 13.7. The van der Waals surface area contributed by atoms with Crippen molar-refractivity contribution >= 4 is 34.3 Å². The molecular formula is C15H13ClN4. The highest BCUT2D eigenvalue weighted by molar-refractivity contribution is 6.31. The summed E-state index contributed by atoms with van der Waals surface area (Å²) in [6.07, 6.45) is 0.736. The lowest BCUT2D eigenvalue weighted by Gasteiger charge is -2.07. The molecule has 0 unspecified atom stereocenters. The fraction of sp³-hybridized carbons (Fsp3) is 0.0667. The minimum absolute atomic E-state index is 0.189. The van der Waals surface area contributed by atoms with Crippen LogP contribution in [0.2, 0.25) is 5.02 Å². The first kappa shape index (κ1) is 12.7. The maximum absolute atomic E-state index is 6.18. The summed E-state index contributed by atoms with van der Waals surface area (Å²) in [5.74, 6) is 0.586. The van der Waals surface area contributed by atoms with Crippen molar-refractivity contribution in [3.05, 3.63) is 58.6 Å². The average Bonchev–Trinajstić information content (AvgIpc) is 2.42. The van der Waals surface area contributed by atoms with E-state index >= 15 is 0 Å². The van der Waals surface area contributed by atoms with Crippen molar-refractivity contribution in [2.75, 3.05) is 11.5 Å². The number of nitrogens with two attached hydrogens (primary N) is 2. The Kier molecular flexibility index (Phi) is 3.16. The van der Waals surface area contributed by atoms with Crippen molar-refractivity contribution in [2.24, 2.45) is 0 Å². The third-order valence-electron chi connectivity index (χ3n) is 3.16. The topological polar surface area (TPSA) is 77.8 Å². The lowest BCUT2D eigenvalue weighted by molar-refractivity contribution is 1.19. The van der Waals surface area contributed by atoms with Crippen molar-refractivity contribution in [3.8, 4) is 0 Å². The van der Waals surface area contributed by atoms with E-state index in [1.807, 2.05) is 42.5 Å². The fourth-order valence-corrected chi connectivity index (χ4v) is 2.39. The summed E-state index contributed by atoms with van der Waals surface area (Å²) >= 11 is 6.18. The molecule has 3 rings (SSSR count). The lowest BCUT2D eigenvalue weighted by atomic mass is 10.0. The molecule has 0 aliphatic rings. The van der Waals surface area contributed by atoms with E-state index in [4.69, 9.17) is 23.1 Å². The smallest absolute Gasteiger partial charge is 0.222 e. The van der Waals surface area contributed by atoms with E-state index in [1.54, 1.807) is 0 Å². The molecular weight excluding hydrogens is 272 g/mol. The first-order valence-corrected chi connectivity index (χ1v) is 6.56. The highest BCUT2D eigenvalue weighted by atomic mass is 35.5. The standard InChI is InChI=1S/C15H13ClN4/c16-12-4-2-1-3-10(12)7-9-5-6-13-11(8-9)14(17)20-15(18)19-13/h1-6,8H,7H2,(H4,17,18,19,20). The quantitative estimate of drug-likeness (QED) is 0.758. The Balaban J connectivity index is 2.03. The third kappa shape index (κ3) is 2.38. The number of aromatic nitrogens is 2. The molecule has 1 aromatic heterocycles. The molecule has 0 aliphatic carbocycles. The molecule has 0 bridgehead atoms. The molecule has 0 aliphatic heterocycles. The SMILES string of the molecule is Nc1nc(N)c2cc(Cc3ccccc3Cl)ccc2n1. The number of rotatable bonds is 2. The second kappa shape index (κ2) is 4.98. The molecule has 0 atom stereocenters. The number of anilines is 2. The zero-order valence-corrected chi connectivity index (χ0v) is 11.4. The fourth-order valence-electron chi connectivity index (χ4n) is 2.19. The molecule has 1 heterocycles. The minimum atomic E-state index is 0.189. The molecule has 0 fully saturated rings. The van der Waals surface area contributed by atoms with Crippen LogP contribution >= 0.6 is 11.6 Å². The van der Waals surface area contributed by atoms with Gasteiger partial charge in [0, 0.05) is 10.4 Å². The average molecular weight is 285 g/mol. The van der Waals surface area contributed by atoms with Crippen LogP contribution in [0.5, 0.6) is 0 Å². The van der Waals surface area contributed by atoms with E-state index in [0.717, 1.165) is 33.5 Å². The molecule has 4 N–H and O–H groups in total. The Bertz CT molecular complexity index is 786. The summed E-state index contributed by atoms with van der Waals surface area (Å²) in [5.41, 5.74) is 14.4. The molecule has 4 nitrogen and oxygen atoms in total. The predicted octanol–water partition coefficient (Wildman–Crippen LogP) is 3.04. The maximum Gasteiger partial charge on any atom is 0.222 e. The maximum atomic E-state index is 6.18. The number of halogens is 1. The minimum Gasteiger partial charge on any atom is -0.383 e. The van der Waals surface area contributed by atoms with Crippen LogP contribution in [0, 0.1) is 0 Å². The summed E-state index contributed by atoms with van der Waals surface area (Å²) in [7, 11) is 0. The van der Waals surface area contributed by atoms with Gasteiger partial charge in [-0.3, -0.25) is 0 Å². The zero-order chi connectivity index (χ0) is 14.1. The first-order valence-electron chi connectivity index (χ1n) is 6.18. The van der Waals surface area contributed by atoms with E-state index in [9.17, 15) is 0 Å². The van der Waals surface area contributed by atoms with Gasteiger partial charge in [-0.2, -0.15) is 4.98 Å². The van der Waals surface area contributed by atoms with Crippen LogP contribution < -0.4 is 11.5 Å². The van der Waals surface area contributed by atoms with Crippen molar-refractivity contribution in [3.63, 3.8) is 0 Å². The van der Waals surface area contributed by atoms with Gasteiger partial charge in [-0.1, -0.05) is 35.9 Å². The monoisotopic (exact) mass is 284 g/mol. The molecule has 0 saturated heterocycles. The van der Waals surface area contributed by atoms with Gasteiger partial charge < -0.3 is 11.5 Å². The molecule has 0 radical (unpaired) electrons. The normalized spacial score (nSPS) is 10.8. The van der Waals surface area contributed by atoms with Gasteiger partial charge >= 0.3 is 0 Å². The molecule has 2 aromatic carbocycles. The Morgan fingerprint density at radius 2 is 1.80 bits per heavy atom. The number of nitrogens with zero attached hydrogens (tertiary/aromatic N) is 2. The van der Waals surface area contributed by atoms with E-state index in [-0.39, 0.29) is 5.95 Å². The number of nitrogen functional groups attached to an aromatic ring is 2. The molecule has 0 amide bonds. The Hall–Kier alpha value is -2.33. The number of hydrogen-bond acceptors (Lipinski definition) is 4. The number of benzene rings is 2. The molecule has 3 aromatic rings. The summed E-state index contributed by atoms with van der Waals surface area (Å²) < 4.78 is 0. The van der Waals surface area contributed by atoms with Crippen LogP contribution in [0.1, 0.15) is 11.1 Å². The second-order valence-corrected chi connectivity index (χ2v) is 4.99. The number of hydrogen-bond donors (Lipinski definition) is 2. The van der Waals surface area contributed by atoms with Crippen LogP contribution in [0.15, 0.2) is 42.5 Å². The molecule has 20 heavy (non-hydrogen) atoms. The number of fused-ring (bicyclic) bond motifs is 1. The lowest BCUT2D eigenvalue weighted by Crippen LogP contribution is -2.01. The van der Waals surface area contributed by atoms with Gasteiger partial charge in [0.15, 0.2) is 0 Å². The summed E-state index contributed by atoms with van der Waals surface area (Å²) in [5, 5.41) is 1.57.